The molecule has 0 spiro atoms. The van der Waals surface area contributed by atoms with Crippen molar-refractivity contribution in [3.8, 4) is 0 Å². The molecule has 0 aromatic heterocycles. The molecule has 0 amide bonds. The van der Waals surface area contributed by atoms with Crippen LogP contribution in [0.4, 0.5) is 0 Å². The number of hydrogen-bond donors (Lipinski definition) is 4. The predicted molar refractivity (Wildman–Crippen MR) is 36.9 cm³/mol. The summed E-state index contributed by atoms with van der Waals surface area (Å²) in [6.07, 6.45) is 0. The third kappa shape index (κ3) is 55.3. The minimum Gasteiger partial charge on any atom is -0.394 e. The molecule has 0 fully saturated rings. The average molecular weight is 150 g/mol. The summed E-state index contributed by atoms with van der Waals surface area (Å²) in [4.78, 5) is 0. The second-order valence-corrected chi connectivity index (χ2v) is 0.894. The van der Waals surface area contributed by atoms with Crippen LogP contribution in [0, 0.1) is 0 Å². The maximum absolute atomic E-state index is 7.62. The fraction of sp³-hybridized carbons (Fsp3) is 1.00. The Morgan fingerprint density at radius 3 is 0.667 bits per heavy atom. The summed E-state index contributed by atoms with van der Waals surface area (Å²) in [5.74, 6) is 0. The Bertz CT molecular complexity index is 20.5. The zero-order valence-corrected chi connectivity index (χ0v) is 4.62. The fourth-order valence-corrected chi connectivity index (χ4v) is 0. The van der Waals surface area contributed by atoms with E-state index in [0.717, 1.165) is 0 Å². The van der Waals surface area contributed by atoms with Crippen molar-refractivity contribution in [2.24, 2.45) is 0 Å². The molecular formula is C4H14MgO4. The summed E-state index contributed by atoms with van der Waals surface area (Å²) >= 11 is 0. The van der Waals surface area contributed by atoms with Crippen LogP contribution < -0.4 is 0 Å². The topological polar surface area (TPSA) is 80.9 Å². The zero-order chi connectivity index (χ0) is 6.83. The van der Waals surface area contributed by atoms with E-state index in [-0.39, 0.29) is 49.5 Å². The molecule has 0 rings (SSSR count). The van der Waals surface area contributed by atoms with E-state index in [2.05, 4.69) is 0 Å². The third-order valence-corrected chi connectivity index (χ3v) is 0.200. The van der Waals surface area contributed by atoms with Crippen LogP contribution in [-0.2, 0) is 0 Å². The van der Waals surface area contributed by atoms with E-state index >= 15 is 0 Å². The van der Waals surface area contributed by atoms with Crippen LogP contribution in [-0.4, -0.2) is 69.9 Å². The maximum Gasteiger partial charge on any atom is 0.316 e. The van der Waals surface area contributed by atoms with Gasteiger partial charge in [-0.2, -0.15) is 0 Å². The summed E-state index contributed by atoms with van der Waals surface area (Å²) in [5.41, 5.74) is 0. The summed E-state index contributed by atoms with van der Waals surface area (Å²) in [6, 6.07) is 0. The summed E-state index contributed by atoms with van der Waals surface area (Å²) in [7, 11) is 0. The highest BCUT2D eigenvalue weighted by Gasteiger charge is 1.58. The van der Waals surface area contributed by atoms with Gasteiger partial charge in [-0.05, 0) is 0 Å². The van der Waals surface area contributed by atoms with Gasteiger partial charge in [0.2, 0.25) is 0 Å². The second-order valence-electron chi connectivity index (χ2n) is 0.894. The Kier molecular flexibility index (Phi) is 42.5. The predicted octanol–water partition coefficient (Wildman–Crippen LogP) is -2.97. The van der Waals surface area contributed by atoms with Gasteiger partial charge in [-0.1, -0.05) is 0 Å². The van der Waals surface area contributed by atoms with Crippen molar-refractivity contribution >= 4 is 23.1 Å². The van der Waals surface area contributed by atoms with Crippen LogP contribution in [0.5, 0.6) is 0 Å². The van der Waals surface area contributed by atoms with Crippen molar-refractivity contribution in [2.45, 2.75) is 0 Å². The summed E-state index contributed by atoms with van der Waals surface area (Å²) in [6.45, 7) is -0.500. The van der Waals surface area contributed by atoms with Crippen LogP contribution in [0.15, 0.2) is 0 Å². The Morgan fingerprint density at radius 2 is 0.667 bits per heavy atom. The molecule has 9 heavy (non-hydrogen) atoms. The molecule has 0 aromatic carbocycles. The van der Waals surface area contributed by atoms with Crippen LogP contribution in [0.1, 0.15) is 0 Å². The lowest BCUT2D eigenvalue weighted by molar-refractivity contribution is 0.186. The molecule has 4 nitrogen and oxygen atoms in total. The smallest absolute Gasteiger partial charge is 0.316 e. The highest BCUT2D eigenvalue weighted by atomic mass is 24.3. The molecule has 0 saturated carbocycles. The van der Waals surface area contributed by atoms with Gasteiger partial charge in [0.05, 0.1) is 26.4 Å². The molecule has 0 radical (unpaired) electrons. The minimum atomic E-state index is -0.125. The van der Waals surface area contributed by atoms with Crippen molar-refractivity contribution in [1.82, 2.24) is 0 Å². The molecule has 5 heteroatoms. The first kappa shape index (κ1) is 16.3. The average Bonchev–Trinajstić information content (AvgIpc) is 1.88. The molecule has 0 aliphatic carbocycles. The normalized spacial score (nSPS) is 6.67. The van der Waals surface area contributed by atoms with Gasteiger partial charge < -0.3 is 20.4 Å². The first-order chi connectivity index (χ1) is 3.83. The van der Waals surface area contributed by atoms with Crippen LogP contribution in [0.25, 0.3) is 0 Å². The Hall–Kier alpha value is 0.606. The fourth-order valence-electron chi connectivity index (χ4n) is 0. The maximum atomic E-state index is 7.62. The molecule has 0 aliphatic rings. The molecule has 4 N–H and O–H groups in total. The molecule has 0 saturated heterocycles. The highest BCUT2D eigenvalue weighted by Crippen LogP contribution is 1.40. The third-order valence-electron chi connectivity index (χ3n) is 0.200. The van der Waals surface area contributed by atoms with Crippen LogP contribution in [0.2, 0.25) is 0 Å². The first-order valence-corrected chi connectivity index (χ1v) is 2.26. The molecule has 56 valence electrons. The largest absolute Gasteiger partial charge is 0.394 e. The molecule has 0 heterocycles. The summed E-state index contributed by atoms with van der Waals surface area (Å²) < 4.78 is 0. The lowest BCUT2D eigenvalue weighted by atomic mass is 10.8. The molecule has 0 aliphatic heterocycles. The number of aliphatic hydroxyl groups is 4. The second kappa shape index (κ2) is 23.5. The van der Waals surface area contributed by atoms with Crippen LogP contribution >= 0.6 is 0 Å². The monoisotopic (exact) mass is 150 g/mol. The van der Waals surface area contributed by atoms with Gasteiger partial charge in [0.1, 0.15) is 0 Å². The number of hydrogen-bond acceptors (Lipinski definition) is 4. The molecule has 0 aromatic rings. The van der Waals surface area contributed by atoms with E-state index in [1.165, 1.54) is 0 Å². The van der Waals surface area contributed by atoms with Crippen molar-refractivity contribution < 1.29 is 20.4 Å². The van der Waals surface area contributed by atoms with Gasteiger partial charge in [0.25, 0.3) is 0 Å². The van der Waals surface area contributed by atoms with Gasteiger partial charge >= 0.3 is 23.1 Å². The van der Waals surface area contributed by atoms with E-state index in [4.69, 9.17) is 20.4 Å². The van der Waals surface area contributed by atoms with E-state index < -0.39 is 0 Å². The van der Waals surface area contributed by atoms with Gasteiger partial charge in [0.15, 0.2) is 0 Å². The van der Waals surface area contributed by atoms with E-state index in [1.54, 1.807) is 0 Å². The number of rotatable bonds is 2. The van der Waals surface area contributed by atoms with E-state index in [1.807, 2.05) is 0 Å². The van der Waals surface area contributed by atoms with Gasteiger partial charge in [-0.15, -0.1) is 0 Å². The molecule has 0 bridgehead atoms. The van der Waals surface area contributed by atoms with Gasteiger partial charge in [0, 0.05) is 0 Å². The Labute approximate surface area is 70.3 Å². The van der Waals surface area contributed by atoms with Crippen molar-refractivity contribution in [3.63, 3.8) is 0 Å². The molecule has 0 unspecified atom stereocenters. The van der Waals surface area contributed by atoms with E-state index in [9.17, 15) is 0 Å². The lowest BCUT2D eigenvalue weighted by Gasteiger charge is -1.70. The summed E-state index contributed by atoms with van der Waals surface area (Å²) in [5, 5.41) is 30.5. The zero-order valence-electron chi connectivity index (χ0n) is 4.62. The van der Waals surface area contributed by atoms with Crippen molar-refractivity contribution in [1.29, 1.82) is 0 Å². The van der Waals surface area contributed by atoms with Gasteiger partial charge in [-0.25, -0.2) is 0 Å². The lowest BCUT2D eigenvalue weighted by Crippen LogP contribution is -1.85. The van der Waals surface area contributed by atoms with Crippen molar-refractivity contribution in [3.05, 3.63) is 0 Å². The molecule has 0 atom stereocenters. The number of aliphatic hydroxyl groups excluding tert-OH is 4. The molecular weight excluding hydrogens is 136 g/mol. The SMILES string of the molecule is OCCO.OCCO.[MgH2]. The standard InChI is InChI=1S/2C2H6O2.Mg.2H/c2*3-1-2-4;;;/h2*3-4H,1-2H2;;;. The first-order valence-electron chi connectivity index (χ1n) is 2.26. The van der Waals surface area contributed by atoms with E-state index in [0.29, 0.717) is 0 Å². The van der Waals surface area contributed by atoms with Crippen LogP contribution in [0.3, 0.4) is 0 Å². The minimum absolute atomic E-state index is 0. The Balaban J connectivity index is -0.0000000720. The highest BCUT2D eigenvalue weighted by molar-refractivity contribution is 5.75. The van der Waals surface area contributed by atoms with Gasteiger partial charge in [-0.3, -0.25) is 0 Å². The Morgan fingerprint density at radius 1 is 0.556 bits per heavy atom. The quantitative estimate of drug-likeness (QED) is 0.317. The van der Waals surface area contributed by atoms with Crippen molar-refractivity contribution in [2.75, 3.05) is 26.4 Å².